The number of para-hydroxylation sites is 1. The molecule has 6 nitrogen and oxygen atoms in total. The second kappa shape index (κ2) is 7.23. The predicted octanol–water partition coefficient (Wildman–Crippen LogP) is -1.07. The van der Waals surface area contributed by atoms with Crippen molar-refractivity contribution in [1.29, 1.82) is 0 Å². The van der Waals surface area contributed by atoms with Gasteiger partial charge in [0.25, 0.3) is 0 Å². The summed E-state index contributed by atoms with van der Waals surface area (Å²) in [6.45, 7) is 1.60. The van der Waals surface area contributed by atoms with Gasteiger partial charge in [-0.15, -0.1) is 0 Å². The van der Waals surface area contributed by atoms with E-state index < -0.39 is 6.04 Å². The van der Waals surface area contributed by atoms with Crippen molar-refractivity contribution in [2.45, 2.75) is 12.1 Å². The maximum Gasteiger partial charge on any atom is 0.239 e. The summed E-state index contributed by atoms with van der Waals surface area (Å²) in [5, 5.41) is 23.8. The first kappa shape index (κ1) is 14.8. The summed E-state index contributed by atoms with van der Waals surface area (Å²) < 4.78 is 0. The van der Waals surface area contributed by atoms with Crippen molar-refractivity contribution >= 4 is 11.6 Å². The Morgan fingerprint density at radius 1 is 1.35 bits per heavy atom. The van der Waals surface area contributed by atoms with Crippen molar-refractivity contribution in [2.24, 2.45) is 0 Å². The predicted molar refractivity (Wildman–Crippen MR) is 76.5 cm³/mol. The number of carbonyl (C=O) groups excluding carboxylic acids is 1. The summed E-state index contributed by atoms with van der Waals surface area (Å²) >= 11 is 0. The Bertz CT molecular complexity index is 423. The van der Waals surface area contributed by atoms with Crippen LogP contribution in [0.1, 0.15) is 0 Å². The third-order valence-electron chi connectivity index (χ3n) is 3.40. The van der Waals surface area contributed by atoms with Gasteiger partial charge in [0.15, 0.2) is 0 Å². The number of aliphatic hydroxyl groups is 2. The lowest BCUT2D eigenvalue weighted by Gasteiger charge is -2.35. The number of benzene rings is 1. The molecule has 4 N–H and O–H groups in total. The van der Waals surface area contributed by atoms with Crippen LogP contribution in [0.5, 0.6) is 0 Å². The highest BCUT2D eigenvalue weighted by Gasteiger charge is 2.26. The van der Waals surface area contributed by atoms with Crippen LogP contribution in [0.4, 0.5) is 5.69 Å². The molecule has 1 saturated heterocycles. The average Bonchev–Trinajstić information content (AvgIpc) is 2.53. The highest BCUT2D eigenvalue weighted by atomic mass is 16.3. The molecule has 6 heteroatoms. The van der Waals surface area contributed by atoms with E-state index in [1.807, 2.05) is 30.3 Å². The van der Waals surface area contributed by atoms with Crippen LogP contribution in [-0.2, 0) is 4.79 Å². The van der Waals surface area contributed by atoms with Gasteiger partial charge in [0.1, 0.15) is 6.04 Å². The topological polar surface area (TPSA) is 84.8 Å². The fourth-order valence-corrected chi connectivity index (χ4v) is 2.25. The largest absolute Gasteiger partial charge is 0.394 e. The second-order valence-corrected chi connectivity index (χ2v) is 4.86. The first-order chi connectivity index (χ1) is 9.74. The molecule has 0 bridgehead atoms. The Kier molecular flexibility index (Phi) is 5.34. The van der Waals surface area contributed by atoms with Crippen molar-refractivity contribution in [3.05, 3.63) is 30.3 Å². The fraction of sp³-hybridized carbons (Fsp3) is 0.500. The van der Waals surface area contributed by atoms with Crippen molar-refractivity contribution in [3.8, 4) is 0 Å². The van der Waals surface area contributed by atoms with Gasteiger partial charge >= 0.3 is 0 Å². The smallest absolute Gasteiger partial charge is 0.239 e. The molecule has 20 heavy (non-hydrogen) atoms. The molecule has 1 amide bonds. The lowest BCUT2D eigenvalue weighted by molar-refractivity contribution is -0.124. The molecule has 1 unspecified atom stereocenters. The molecule has 0 aromatic heterocycles. The Balaban J connectivity index is 1.95. The van der Waals surface area contributed by atoms with E-state index >= 15 is 0 Å². The molecule has 1 atom stereocenters. The first-order valence-electron chi connectivity index (χ1n) is 6.80. The SMILES string of the molecule is O=C(NC(CO)CO)C1CN(c2ccccc2)CCN1. The van der Waals surface area contributed by atoms with Crippen LogP contribution < -0.4 is 15.5 Å². The van der Waals surface area contributed by atoms with E-state index in [0.717, 1.165) is 18.8 Å². The van der Waals surface area contributed by atoms with Gasteiger partial charge < -0.3 is 25.7 Å². The zero-order chi connectivity index (χ0) is 14.4. The van der Waals surface area contributed by atoms with Gasteiger partial charge in [-0.3, -0.25) is 4.79 Å². The fourth-order valence-electron chi connectivity index (χ4n) is 2.25. The summed E-state index contributed by atoms with van der Waals surface area (Å²) in [7, 11) is 0. The summed E-state index contributed by atoms with van der Waals surface area (Å²) in [5.41, 5.74) is 1.09. The monoisotopic (exact) mass is 279 g/mol. The van der Waals surface area contributed by atoms with Gasteiger partial charge in [-0.05, 0) is 12.1 Å². The molecule has 1 aliphatic rings. The molecule has 1 aromatic carbocycles. The van der Waals surface area contributed by atoms with Crippen LogP contribution in [0.3, 0.4) is 0 Å². The van der Waals surface area contributed by atoms with Gasteiger partial charge in [-0.1, -0.05) is 18.2 Å². The van der Waals surface area contributed by atoms with Crippen molar-refractivity contribution in [2.75, 3.05) is 37.7 Å². The van der Waals surface area contributed by atoms with Gasteiger partial charge in [0, 0.05) is 25.3 Å². The van der Waals surface area contributed by atoms with E-state index in [0.29, 0.717) is 6.54 Å². The molecule has 0 radical (unpaired) electrons. The minimum absolute atomic E-state index is 0.196. The summed E-state index contributed by atoms with van der Waals surface area (Å²) in [6, 6.07) is 9.00. The van der Waals surface area contributed by atoms with E-state index in [2.05, 4.69) is 15.5 Å². The Morgan fingerprint density at radius 2 is 2.05 bits per heavy atom. The molecule has 1 heterocycles. The normalized spacial score (nSPS) is 19.1. The van der Waals surface area contributed by atoms with E-state index in [4.69, 9.17) is 10.2 Å². The van der Waals surface area contributed by atoms with E-state index in [1.165, 1.54) is 0 Å². The van der Waals surface area contributed by atoms with Gasteiger partial charge in [0.2, 0.25) is 5.91 Å². The molecule has 110 valence electrons. The average molecular weight is 279 g/mol. The molecule has 0 saturated carbocycles. The van der Waals surface area contributed by atoms with Crippen molar-refractivity contribution < 1.29 is 15.0 Å². The number of anilines is 1. The van der Waals surface area contributed by atoms with Crippen LogP contribution >= 0.6 is 0 Å². The molecule has 1 fully saturated rings. The molecule has 2 rings (SSSR count). The maximum absolute atomic E-state index is 12.1. The van der Waals surface area contributed by atoms with E-state index in [1.54, 1.807) is 0 Å². The van der Waals surface area contributed by atoms with Gasteiger partial charge in [-0.2, -0.15) is 0 Å². The molecular formula is C14H21N3O3. The Hall–Kier alpha value is -1.63. The number of amides is 1. The zero-order valence-corrected chi connectivity index (χ0v) is 11.3. The molecule has 1 aromatic rings. The third kappa shape index (κ3) is 3.69. The number of carbonyl (C=O) groups is 1. The standard InChI is InChI=1S/C14H21N3O3/c18-9-11(10-19)16-14(20)13-8-17(7-6-15-13)12-4-2-1-3-5-12/h1-5,11,13,15,18-19H,6-10H2,(H,16,20). The van der Waals surface area contributed by atoms with Gasteiger partial charge in [0.05, 0.1) is 19.3 Å². The first-order valence-corrected chi connectivity index (χ1v) is 6.80. The highest BCUT2D eigenvalue weighted by Crippen LogP contribution is 2.15. The Labute approximate surface area is 118 Å². The lowest BCUT2D eigenvalue weighted by atomic mass is 10.1. The molecular weight excluding hydrogens is 258 g/mol. The number of rotatable bonds is 5. The number of piperazine rings is 1. The summed E-state index contributed by atoms with van der Waals surface area (Å²) in [5.74, 6) is -0.196. The maximum atomic E-state index is 12.1. The third-order valence-corrected chi connectivity index (χ3v) is 3.40. The minimum Gasteiger partial charge on any atom is -0.394 e. The number of nitrogens with zero attached hydrogens (tertiary/aromatic N) is 1. The van der Waals surface area contributed by atoms with Crippen LogP contribution in [0.2, 0.25) is 0 Å². The molecule has 1 aliphatic heterocycles. The molecule has 0 aliphatic carbocycles. The summed E-state index contributed by atoms with van der Waals surface area (Å²) in [6.07, 6.45) is 0. The summed E-state index contributed by atoms with van der Waals surface area (Å²) in [4.78, 5) is 14.2. The number of aliphatic hydroxyl groups excluding tert-OH is 2. The van der Waals surface area contributed by atoms with E-state index in [9.17, 15) is 4.79 Å². The van der Waals surface area contributed by atoms with Crippen LogP contribution in [-0.4, -0.2) is 61.1 Å². The zero-order valence-electron chi connectivity index (χ0n) is 11.3. The quantitative estimate of drug-likeness (QED) is 0.552. The van der Waals surface area contributed by atoms with Gasteiger partial charge in [-0.25, -0.2) is 0 Å². The Morgan fingerprint density at radius 3 is 2.70 bits per heavy atom. The molecule has 0 spiro atoms. The number of hydrogen-bond donors (Lipinski definition) is 4. The van der Waals surface area contributed by atoms with E-state index in [-0.39, 0.29) is 25.2 Å². The van der Waals surface area contributed by atoms with Crippen LogP contribution in [0.25, 0.3) is 0 Å². The highest BCUT2D eigenvalue weighted by molar-refractivity contribution is 5.83. The lowest BCUT2D eigenvalue weighted by Crippen LogP contribution is -2.59. The van der Waals surface area contributed by atoms with Crippen molar-refractivity contribution in [1.82, 2.24) is 10.6 Å². The van der Waals surface area contributed by atoms with Crippen LogP contribution in [0, 0.1) is 0 Å². The number of hydrogen-bond acceptors (Lipinski definition) is 5. The van der Waals surface area contributed by atoms with Crippen LogP contribution in [0.15, 0.2) is 30.3 Å². The number of nitrogens with one attached hydrogen (secondary N) is 2. The van der Waals surface area contributed by atoms with Crippen molar-refractivity contribution in [3.63, 3.8) is 0 Å². The second-order valence-electron chi connectivity index (χ2n) is 4.86. The minimum atomic E-state index is -0.601.